The first-order valence-electron chi connectivity index (χ1n) is 9.67. The molecule has 0 unspecified atom stereocenters. The molecule has 0 saturated carbocycles. The summed E-state index contributed by atoms with van der Waals surface area (Å²) in [6.45, 7) is 2.14. The van der Waals surface area contributed by atoms with Gasteiger partial charge < -0.3 is 10.6 Å². The Hall–Kier alpha value is -2.78. The minimum atomic E-state index is -3.68. The Morgan fingerprint density at radius 3 is 2.43 bits per heavy atom. The summed E-state index contributed by atoms with van der Waals surface area (Å²) in [6, 6.07) is 12.1. The molecule has 2 amide bonds. The fourth-order valence-corrected chi connectivity index (χ4v) is 5.06. The zero-order chi connectivity index (χ0) is 21.7. The van der Waals surface area contributed by atoms with E-state index >= 15 is 0 Å². The van der Waals surface area contributed by atoms with Crippen LogP contribution in [0.2, 0.25) is 0 Å². The summed E-state index contributed by atoms with van der Waals surface area (Å²) >= 11 is 0. The van der Waals surface area contributed by atoms with Crippen molar-refractivity contribution >= 4 is 21.8 Å². The first kappa shape index (κ1) is 21.9. The zero-order valence-electron chi connectivity index (χ0n) is 16.6. The van der Waals surface area contributed by atoms with E-state index in [1.807, 2.05) is 6.92 Å². The van der Waals surface area contributed by atoms with Crippen molar-refractivity contribution in [3.63, 3.8) is 0 Å². The maximum atomic E-state index is 13.6. The number of hydrogen-bond acceptors (Lipinski definition) is 4. The van der Waals surface area contributed by atoms with Gasteiger partial charge in [0.05, 0.1) is 4.90 Å². The van der Waals surface area contributed by atoms with Crippen LogP contribution in [0.1, 0.15) is 24.0 Å². The van der Waals surface area contributed by atoms with Gasteiger partial charge in [-0.1, -0.05) is 35.9 Å². The number of nitrogens with zero attached hydrogens (tertiary/aromatic N) is 1. The summed E-state index contributed by atoms with van der Waals surface area (Å²) in [5, 5.41) is 4.85. The Bertz CT molecular complexity index is 1020. The summed E-state index contributed by atoms with van der Waals surface area (Å²) < 4.78 is 40.8. The molecule has 3 rings (SSSR count). The lowest BCUT2D eigenvalue weighted by atomic mass is 10.2. The van der Waals surface area contributed by atoms with Crippen molar-refractivity contribution in [1.29, 1.82) is 0 Å². The highest BCUT2D eigenvalue weighted by atomic mass is 32.2. The maximum Gasteiger partial charge on any atom is 0.309 e. The van der Waals surface area contributed by atoms with E-state index in [2.05, 4.69) is 10.6 Å². The molecular weight excluding hydrogens is 409 g/mol. The molecule has 9 heteroatoms. The Morgan fingerprint density at radius 2 is 1.73 bits per heavy atom. The molecule has 30 heavy (non-hydrogen) atoms. The third kappa shape index (κ3) is 5.03. The molecule has 0 bridgehead atoms. The van der Waals surface area contributed by atoms with E-state index in [0.717, 1.165) is 5.56 Å². The average molecular weight is 434 g/mol. The van der Waals surface area contributed by atoms with E-state index < -0.39 is 33.7 Å². The van der Waals surface area contributed by atoms with Crippen molar-refractivity contribution in [1.82, 2.24) is 14.9 Å². The van der Waals surface area contributed by atoms with Gasteiger partial charge >= 0.3 is 11.8 Å². The molecule has 0 aliphatic carbocycles. The molecule has 0 spiro atoms. The Kier molecular flexibility index (Phi) is 6.84. The first-order valence-corrected chi connectivity index (χ1v) is 11.1. The van der Waals surface area contributed by atoms with Crippen molar-refractivity contribution < 1.29 is 22.4 Å². The average Bonchev–Trinajstić information content (AvgIpc) is 3.21. The van der Waals surface area contributed by atoms with Crippen LogP contribution >= 0.6 is 0 Å². The number of halogens is 1. The standard InChI is InChI=1S/C21H24FN3O4S/c1-15-8-10-18(11-9-15)30(28,29)25-12-4-6-17(25)14-24-21(27)20(26)23-13-16-5-2-3-7-19(16)22/h2-3,5,7-11,17H,4,6,12-14H2,1H3,(H,23,26)(H,24,27)/t17-/m0/s1. The highest BCUT2D eigenvalue weighted by Crippen LogP contribution is 2.25. The van der Waals surface area contributed by atoms with Gasteiger partial charge in [-0.15, -0.1) is 0 Å². The lowest BCUT2D eigenvalue weighted by Gasteiger charge is -2.24. The Balaban J connectivity index is 1.56. The highest BCUT2D eigenvalue weighted by molar-refractivity contribution is 7.89. The summed E-state index contributed by atoms with van der Waals surface area (Å²) in [6.07, 6.45) is 1.26. The van der Waals surface area contributed by atoms with E-state index in [0.29, 0.717) is 19.4 Å². The predicted molar refractivity (Wildman–Crippen MR) is 109 cm³/mol. The van der Waals surface area contributed by atoms with Crippen LogP contribution in [0.15, 0.2) is 53.4 Å². The molecule has 160 valence electrons. The first-order chi connectivity index (χ1) is 14.3. The number of sulfonamides is 1. The van der Waals surface area contributed by atoms with Crippen LogP contribution in [0.3, 0.4) is 0 Å². The van der Waals surface area contributed by atoms with Crippen LogP contribution in [-0.2, 0) is 26.2 Å². The van der Waals surface area contributed by atoms with E-state index in [-0.39, 0.29) is 23.5 Å². The second kappa shape index (κ2) is 9.36. The molecule has 0 aromatic heterocycles. The number of benzene rings is 2. The van der Waals surface area contributed by atoms with Gasteiger partial charge in [0, 0.05) is 31.2 Å². The second-order valence-corrected chi connectivity index (χ2v) is 9.10. The molecule has 2 aromatic carbocycles. The number of amides is 2. The summed E-state index contributed by atoms with van der Waals surface area (Å²) in [4.78, 5) is 24.3. The SMILES string of the molecule is Cc1ccc(S(=O)(=O)N2CCC[C@H]2CNC(=O)C(=O)NCc2ccccc2F)cc1. The number of rotatable bonds is 6. The molecule has 1 atom stereocenters. The number of aryl methyl sites for hydroxylation is 1. The molecule has 2 aromatic rings. The molecule has 1 heterocycles. The number of hydrogen-bond donors (Lipinski definition) is 2. The predicted octanol–water partition coefficient (Wildman–Crippen LogP) is 1.72. The maximum absolute atomic E-state index is 13.6. The fourth-order valence-electron chi connectivity index (χ4n) is 3.36. The van der Waals surface area contributed by atoms with E-state index in [1.165, 1.54) is 22.5 Å². The van der Waals surface area contributed by atoms with Crippen LogP contribution in [0.5, 0.6) is 0 Å². The van der Waals surface area contributed by atoms with Crippen molar-refractivity contribution in [3.05, 3.63) is 65.5 Å². The van der Waals surface area contributed by atoms with Crippen molar-refractivity contribution in [3.8, 4) is 0 Å². The monoisotopic (exact) mass is 433 g/mol. The summed E-state index contributed by atoms with van der Waals surface area (Å²) in [7, 11) is -3.68. The Morgan fingerprint density at radius 1 is 1.07 bits per heavy atom. The summed E-state index contributed by atoms with van der Waals surface area (Å²) in [5.41, 5.74) is 1.23. The van der Waals surface area contributed by atoms with Crippen LogP contribution in [0, 0.1) is 12.7 Å². The van der Waals surface area contributed by atoms with Gasteiger partial charge in [-0.05, 0) is 38.0 Å². The molecular formula is C21H24FN3O4S. The molecule has 1 fully saturated rings. The van der Waals surface area contributed by atoms with E-state index in [9.17, 15) is 22.4 Å². The van der Waals surface area contributed by atoms with Crippen LogP contribution < -0.4 is 10.6 Å². The van der Waals surface area contributed by atoms with Crippen LogP contribution in [0.25, 0.3) is 0 Å². The number of carbonyl (C=O) groups excluding carboxylic acids is 2. The third-order valence-electron chi connectivity index (χ3n) is 5.05. The van der Waals surface area contributed by atoms with Gasteiger partial charge in [0.15, 0.2) is 0 Å². The van der Waals surface area contributed by atoms with Crippen LogP contribution in [-0.4, -0.2) is 43.7 Å². The molecule has 1 aliphatic rings. The van der Waals surface area contributed by atoms with Gasteiger partial charge in [0.25, 0.3) is 0 Å². The van der Waals surface area contributed by atoms with Crippen molar-refractivity contribution in [2.75, 3.05) is 13.1 Å². The number of carbonyl (C=O) groups is 2. The van der Waals surface area contributed by atoms with E-state index in [4.69, 9.17) is 0 Å². The second-order valence-electron chi connectivity index (χ2n) is 7.21. The molecule has 1 saturated heterocycles. The lowest BCUT2D eigenvalue weighted by molar-refractivity contribution is -0.139. The zero-order valence-corrected chi connectivity index (χ0v) is 17.4. The molecule has 2 N–H and O–H groups in total. The quantitative estimate of drug-likeness (QED) is 0.678. The third-order valence-corrected chi connectivity index (χ3v) is 7.02. The summed E-state index contributed by atoms with van der Waals surface area (Å²) in [5.74, 6) is -2.25. The van der Waals surface area contributed by atoms with Crippen molar-refractivity contribution in [2.45, 2.75) is 37.2 Å². The van der Waals surface area contributed by atoms with Crippen LogP contribution in [0.4, 0.5) is 4.39 Å². The minimum absolute atomic E-state index is 0.0248. The van der Waals surface area contributed by atoms with E-state index in [1.54, 1.807) is 30.3 Å². The van der Waals surface area contributed by atoms with Gasteiger partial charge in [0.2, 0.25) is 10.0 Å². The highest BCUT2D eigenvalue weighted by Gasteiger charge is 2.35. The Labute approximate surface area is 175 Å². The minimum Gasteiger partial charge on any atom is -0.346 e. The molecule has 0 radical (unpaired) electrons. The topological polar surface area (TPSA) is 95.6 Å². The van der Waals surface area contributed by atoms with Crippen molar-refractivity contribution in [2.24, 2.45) is 0 Å². The lowest BCUT2D eigenvalue weighted by Crippen LogP contribution is -2.46. The molecule has 1 aliphatic heterocycles. The number of nitrogens with one attached hydrogen (secondary N) is 2. The van der Waals surface area contributed by atoms with Gasteiger partial charge in [0.1, 0.15) is 5.82 Å². The molecule has 7 nitrogen and oxygen atoms in total. The largest absolute Gasteiger partial charge is 0.346 e. The normalized spacial score (nSPS) is 16.9. The van der Waals surface area contributed by atoms with Gasteiger partial charge in [-0.2, -0.15) is 4.31 Å². The van der Waals surface area contributed by atoms with Gasteiger partial charge in [-0.3, -0.25) is 9.59 Å². The fraction of sp³-hybridized carbons (Fsp3) is 0.333. The smallest absolute Gasteiger partial charge is 0.309 e. The van der Waals surface area contributed by atoms with Gasteiger partial charge in [-0.25, -0.2) is 12.8 Å².